The highest BCUT2D eigenvalue weighted by molar-refractivity contribution is 6.30. The minimum Gasteiger partial charge on any atom is -0.486 e. The smallest absolute Gasteiger partial charge is 0.486 e. The first-order valence-corrected chi connectivity index (χ1v) is 9.98. The average molecular weight is 473 g/mol. The lowest BCUT2D eigenvalue weighted by Gasteiger charge is -2.70. The monoisotopic (exact) mass is 472 g/mol. The standard InChI is InChI=1S/C21H17ClF4N2O4/c22-15-3-1-13(5-16(15)23)31-8-12(29)6-19-9-20(10-19,11-19)28-18(30)17-4-2-14(7-27-17)32-21(24,25)26/h1-5,7H,6,8-11H2,(H,28,30). The number of hydrogen-bond acceptors (Lipinski definition) is 5. The molecule has 6 nitrogen and oxygen atoms in total. The number of alkyl halides is 3. The highest BCUT2D eigenvalue weighted by Gasteiger charge is 2.68. The van der Waals surface area contributed by atoms with Crippen molar-refractivity contribution in [2.24, 2.45) is 5.41 Å². The van der Waals surface area contributed by atoms with Crippen LogP contribution in [0.3, 0.4) is 0 Å². The third-order valence-electron chi connectivity index (χ3n) is 5.58. The Balaban J connectivity index is 1.22. The van der Waals surface area contributed by atoms with E-state index >= 15 is 0 Å². The summed E-state index contributed by atoms with van der Waals surface area (Å²) in [5.74, 6) is -1.58. The number of carbonyl (C=O) groups is 2. The first-order chi connectivity index (χ1) is 15.0. The maximum Gasteiger partial charge on any atom is 0.573 e. The van der Waals surface area contributed by atoms with Gasteiger partial charge in [-0.2, -0.15) is 0 Å². The Morgan fingerprint density at radius 3 is 2.41 bits per heavy atom. The molecule has 3 aliphatic rings. The largest absolute Gasteiger partial charge is 0.573 e. The van der Waals surface area contributed by atoms with Crippen LogP contribution in [0, 0.1) is 11.2 Å². The summed E-state index contributed by atoms with van der Waals surface area (Å²) >= 11 is 5.60. The third kappa shape index (κ3) is 4.79. The molecule has 1 heterocycles. The van der Waals surface area contributed by atoms with Crippen LogP contribution < -0.4 is 14.8 Å². The molecule has 2 aromatic rings. The van der Waals surface area contributed by atoms with Crippen molar-refractivity contribution >= 4 is 23.3 Å². The fourth-order valence-electron chi connectivity index (χ4n) is 4.53. The number of ether oxygens (including phenoxy) is 2. The van der Waals surface area contributed by atoms with E-state index in [0.29, 0.717) is 19.3 Å². The summed E-state index contributed by atoms with van der Waals surface area (Å²) in [7, 11) is 0. The molecule has 0 radical (unpaired) electrons. The zero-order valence-electron chi connectivity index (χ0n) is 16.5. The number of aromatic nitrogens is 1. The summed E-state index contributed by atoms with van der Waals surface area (Å²) in [5, 5.41) is 2.81. The molecule has 0 aliphatic heterocycles. The first kappa shape index (κ1) is 22.3. The quantitative estimate of drug-likeness (QED) is 0.574. The molecular weight excluding hydrogens is 456 g/mol. The van der Waals surface area contributed by atoms with E-state index in [9.17, 15) is 27.2 Å². The molecular formula is C21H17ClF4N2O4. The highest BCUT2D eigenvalue weighted by Crippen LogP contribution is 2.69. The molecule has 3 saturated carbocycles. The van der Waals surface area contributed by atoms with Gasteiger partial charge in [0, 0.05) is 18.0 Å². The van der Waals surface area contributed by atoms with E-state index < -0.39 is 29.4 Å². The number of hydrogen-bond donors (Lipinski definition) is 1. The number of nitrogens with zero attached hydrogens (tertiary/aromatic N) is 1. The van der Waals surface area contributed by atoms with Crippen molar-refractivity contribution < 1.29 is 36.6 Å². The van der Waals surface area contributed by atoms with Crippen molar-refractivity contribution in [2.45, 2.75) is 37.6 Å². The fraction of sp³-hybridized carbons (Fsp3) is 0.381. The Morgan fingerprint density at radius 1 is 1.12 bits per heavy atom. The van der Waals surface area contributed by atoms with Crippen LogP contribution in [0.15, 0.2) is 36.5 Å². The van der Waals surface area contributed by atoms with Gasteiger partial charge in [0.2, 0.25) is 0 Å². The van der Waals surface area contributed by atoms with Crippen LogP contribution >= 0.6 is 11.6 Å². The second-order valence-electron chi connectivity index (χ2n) is 8.27. The Kier molecular flexibility index (Phi) is 5.52. The van der Waals surface area contributed by atoms with Crippen molar-refractivity contribution in [1.82, 2.24) is 10.3 Å². The van der Waals surface area contributed by atoms with Crippen LogP contribution in [-0.4, -0.2) is 35.2 Å². The van der Waals surface area contributed by atoms with Crippen molar-refractivity contribution in [3.8, 4) is 11.5 Å². The Bertz CT molecular complexity index is 1040. The topological polar surface area (TPSA) is 77.5 Å². The predicted molar refractivity (Wildman–Crippen MR) is 104 cm³/mol. The van der Waals surface area contributed by atoms with E-state index in [4.69, 9.17) is 16.3 Å². The minimum atomic E-state index is -4.83. The molecule has 3 fully saturated rings. The number of benzene rings is 1. The van der Waals surface area contributed by atoms with Gasteiger partial charge in [-0.25, -0.2) is 9.37 Å². The van der Waals surface area contributed by atoms with Gasteiger partial charge in [0.25, 0.3) is 5.91 Å². The molecule has 1 N–H and O–H groups in total. The lowest BCUT2D eigenvalue weighted by atomic mass is 9.38. The zero-order chi connectivity index (χ0) is 23.1. The van der Waals surface area contributed by atoms with Gasteiger partial charge in [0.1, 0.15) is 29.6 Å². The number of amides is 1. The van der Waals surface area contributed by atoms with E-state index in [1.807, 2.05) is 0 Å². The van der Waals surface area contributed by atoms with Crippen LogP contribution in [0.1, 0.15) is 36.2 Å². The van der Waals surface area contributed by atoms with E-state index in [2.05, 4.69) is 15.0 Å². The van der Waals surface area contributed by atoms with Crippen molar-refractivity contribution in [3.63, 3.8) is 0 Å². The number of ketones is 1. The van der Waals surface area contributed by atoms with Gasteiger partial charge < -0.3 is 14.8 Å². The summed E-state index contributed by atoms with van der Waals surface area (Å²) in [6.45, 7) is -0.196. The van der Waals surface area contributed by atoms with Gasteiger partial charge in [-0.3, -0.25) is 9.59 Å². The van der Waals surface area contributed by atoms with Gasteiger partial charge in [-0.1, -0.05) is 11.6 Å². The van der Waals surface area contributed by atoms with Crippen molar-refractivity contribution in [2.75, 3.05) is 6.61 Å². The van der Waals surface area contributed by atoms with Gasteiger partial charge in [0.05, 0.1) is 11.2 Å². The summed E-state index contributed by atoms with van der Waals surface area (Å²) in [6, 6.07) is 6.09. The van der Waals surface area contributed by atoms with E-state index in [0.717, 1.165) is 24.4 Å². The maximum atomic E-state index is 13.4. The zero-order valence-corrected chi connectivity index (χ0v) is 17.2. The second kappa shape index (κ2) is 7.91. The van der Waals surface area contributed by atoms with Gasteiger partial charge in [-0.15, -0.1) is 13.2 Å². The number of nitrogens with one attached hydrogen (secondary N) is 1. The van der Waals surface area contributed by atoms with Crippen molar-refractivity contribution in [1.29, 1.82) is 0 Å². The summed E-state index contributed by atoms with van der Waals surface area (Å²) < 4.78 is 59.0. The summed E-state index contributed by atoms with van der Waals surface area (Å²) in [5.41, 5.74) is -0.657. The molecule has 5 rings (SSSR count). The van der Waals surface area contributed by atoms with E-state index in [1.54, 1.807) is 0 Å². The Hall–Kier alpha value is -2.88. The molecule has 3 aliphatic carbocycles. The van der Waals surface area contributed by atoms with E-state index in [-0.39, 0.29) is 40.7 Å². The second-order valence-corrected chi connectivity index (χ2v) is 8.68. The lowest BCUT2D eigenvalue weighted by molar-refractivity contribution is -0.274. The van der Waals surface area contributed by atoms with Gasteiger partial charge >= 0.3 is 6.36 Å². The first-order valence-electron chi connectivity index (χ1n) is 9.61. The van der Waals surface area contributed by atoms with E-state index in [1.165, 1.54) is 12.1 Å². The molecule has 0 saturated heterocycles. The molecule has 170 valence electrons. The molecule has 0 spiro atoms. The normalized spacial score (nSPS) is 23.5. The van der Waals surface area contributed by atoms with Crippen LogP contribution in [0.5, 0.6) is 11.5 Å². The molecule has 0 atom stereocenters. The van der Waals surface area contributed by atoms with Crippen molar-refractivity contribution in [3.05, 3.63) is 53.1 Å². The number of Topliss-reactive ketones (excluding diaryl/α,β-unsaturated/α-hetero) is 1. The molecule has 11 heteroatoms. The third-order valence-corrected chi connectivity index (χ3v) is 5.89. The summed E-state index contributed by atoms with van der Waals surface area (Å²) in [6.07, 6.45) is -1.88. The molecule has 1 amide bonds. The molecule has 1 aromatic heterocycles. The fourth-order valence-corrected chi connectivity index (χ4v) is 4.65. The number of pyridine rings is 1. The number of rotatable bonds is 8. The highest BCUT2D eigenvalue weighted by atomic mass is 35.5. The maximum absolute atomic E-state index is 13.4. The molecule has 0 unspecified atom stereocenters. The molecule has 1 aromatic carbocycles. The Labute approximate surface area is 184 Å². The average Bonchev–Trinajstić information content (AvgIpc) is 2.65. The van der Waals surface area contributed by atoms with Crippen LogP contribution in [0.25, 0.3) is 0 Å². The SMILES string of the molecule is O=C(COc1ccc(Cl)c(F)c1)CC12CC(NC(=O)c3ccc(OC(F)(F)F)cn3)(C1)C2. The van der Waals surface area contributed by atoms with Crippen LogP contribution in [0.4, 0.5) is 17.6 Å². The van der Waals surface area contributed by atoms with Crippen LogP contribution in [0.2, 0.25) is 5.02 Å². The number of carbonyl (C=O) groups excluding carboxylic acids is 2. The van der Waals surface area contributed by atoms with Crippen LogP contribution in [-0.2, 0) is 4.79 Å². The Morgan fingerprint density at radius 2 is 1.81 bits per heavy atom. The minimum absolute atomic E-state index is 0.0297. The lowest BCUT2D eigenvalue weighted by Crippen LogP contribution is -2.75. The summed E-state index contributed by atoms with van der Waals surface area (Å²) in [4.78, 5) is 28.3. The van der Waals surface area contributed by atoms with Gasteiger partial charge in [-0.05, 0) is 48.9 Å². The van der Waals surface area contributed by atoms with Gasteiger partial charge in [0.15, 0.2) is 5.78 Å². The number of halogens is 5. The predicted octanol–water partition coefficient (Wildman–Crippen LogP) is 4.46. The molecule has 32 heavy (non-hydrogen) atoms. The molecule has 2 bridgehead atoms.